The number of rotatable bonds is 3. The molecule has 0 atom stereocenters. The van der Waals surface area contributed by atoms with E-state index in [0.29, 0.717) is 4.47 Å². The summed E-state index contributed by atoms with van der Waals surface area (Å²) in [5.74, 6) is 0.275. The van der Waals surface area contributed by atoms with E-state index in [2.05, 4.69) is 37.2 Å². The number of hydrogen-bond acceptors (Lipinski definition) is 4. The monoisotopic (exact) mass is 448 g/mol. The zero-order chi connectivity index (χ0) is 16.3. The molecule has 0 aliphatic rings. The van der Waals surface area contributed by atoms with Crippen molar-refractivity contribution in [3.05, 3.63) is 60.5 Å². The summed E-state index contributed by atoms with van der Waals surface area (Å²) in [5.41, 5.74) is -0.327. The Hall–Kier alpha value is -1.64. The summed E-state index contributed by atoms with van der Waals surface area (Å²) >= 11 is 12.2. The summed E-state index contributed by atoms with van der Waals surface area (Å²) in [4.78, 5) is 22.2. The zero-order valence-corrected chi connectivity index (χ0v) is 14.6. The van der Waals surface area contributed by atoms with Crippen LogP contribution in [0, 0.1) is 10.1 Å². The Labute approximate surface area is 146 Å². The van der Waals surface area contributed by atoms with Crippen molar-refractivity contribution in [3.63, 3.8) is 0 Å². The van der Waals surface area contributed by atoms with Crippen LogP contribution in [0.1, 0.15) is 0 Å². The van der Waals surface area contributed by atoms with Crippen molar-refractivity contribution in [1.29, 1.82) is 0 Å². The number of carbonyl (C=O) groups excluding carboxylic acids is 1. The highest BCUT2D eigenvalue weighted by molar-refractivity contribution is 9.11. The van der Waals surface area contributed by atoms with E-state index in [1.807, 2.05) is 0 Å². The van der Waals surface area contributed by atoms with Crippen LogP contribution in [0.2, 0.25) is 5.02 Å². The van der Waals surface area contributed by atoms with E-state index in [4.69, 9.17) is 16.3 Å². The van der Waals surface area contributed by atoms with Crippen molar-refractivity contribution in [1.82, 2.24) is 0 Å². The van der Waals surface area contributed by atoms with Crippen LogP contribution in [0.5, 0.6) is 5.75 Å². The molecule has 0 aromatic heterocycles. The van der Waals surface area contributed by atoms with Crippen molar-refractivity contribution in [2.75, 3.05) is 5.32 Å². The number of halogens is 3. The van der Waals surface area contributed by atoms with Crippen molar-refractivity contribution >= 4 is 60.9 Å². The molecular weight excluding hydrogens is 443 g/mol. The molecule has 6 nitrogen and oxygen atoms in total. The first kappa shape index (κ1) is 16.7. The molecule has 2 aromatic carbocycles. The van der Waals surface area contributed by atoms with E-state index in [1.54, 1.807) is 18.2 Å². The molecule has 2 rings (SSSR count). The van der Waals surface area contributed by atoms with Crippen LogP contribution in [-0.2, 0) is 0 Å². The highest BCUT2D eigenvalue weighted by atomic mass is 79.9. The van der Waals surface area contributed by atoms with E-state index in [-0.39, 0.29) is 22.1 Å². The smallest absolute Gasteiger partial charge is 0.409 e. The van der Waals surface area contributed by atoms with Crippen LogP contribution in [0.15, 0.2) is 45.3 Å². The molecule has 1 amide bonds. The fourth-order valence-corrected chi connectivity index (χ4v) is 2.85. The Kier molecular flexibility index (Phi) is 5.38. The molecule has 0 saturated heterocycles. The summed E-state index contributed by atoms with van der Waals surface area (Å²) in [6.07, 6.45) is -0.853. The van der Waals surface area contributed by atoms with Gasteiger partial charge in [-0.3, -0.25) is 15.4 Å². The second kappa shape index (κ2) is 7.08. The highest BCUT2D eigenvalue weighted by Crippen LogP contribution is 2.30. The predicted molar refractivity (Wildman–Crippen MR) is 89.6 cm³/mol. The first-order valence-electron chi connectivity index (χ1n) is 5.74. The molecule has 9 heteroatoms. The molecule has 0 unspecified atom stereocenters. The Morgan fingerprint density at radius 3 is 2.59 bits per heavy atom. The van der Waals surface area contributed by atoms with E-state index in [1.165, 1.54) is 12.1 Å². The molecule has 0 saturated carbocycles. The molecule has 0 spiro atoms. The Balaban J connectivity index is 2.17. The molecule has 0 heterocycles. The first-order valence-corrected chi connectivity index (χ1v) is 7.71. The standard InChI is InChI=1S/C13H7Br2ClN2O4/c14-7-1-4-12(9(15)5-7)22-13(19)17-10-3-2-8(16)6-11(10)18(20)21/h1-6H,(H,17,19). The Morgan fingerprint density at radius 2 is 1.95 bits per heavy atom. The zero-order valence-electron chi connectivity index (χ0n) is 10.7. The lowest BCUT2D eigenvalue weighted by molar-refractivity contribution is -0.383. The average Bonchev–Trinajstić information content (AvgIpc) is 2.43. The lowest BCUT2D eigenvalue weighted by atomic mass is 10.2. The summed E-state index contributed by atoms with van der Waals surface area (Å²) < 4.78 is 6.46. The van der Waals surface area contributed by atoms with E-state index in [0.717, 1.165) is 10.5 Å². The molecule has 2 aromatic rings. The second-order valence-electron chi connectivity index (χ2n) is 4.01. The molecule has 0 fully saturated rings. The number of nitrogens with zero attached hydrogens (tertiary/aromatic N) is 1. The number of hydrogen-bond donors (Lipinski definition) is 1. The third-order valence-electron chi connectivity index (χ3n) is 2.49. The van der Waals surface area contributed by atoms with Gasteiger partial charge in [-0.2, -0.15) is 0 Å². The average molecular weight is 450 g/mol. The molecule has 0 aliphatic heterocycles. The maximum absolute atomic E-state index is 11.9. The van der Waals surface area contributed by atoms with Crippen LogP contribution in [-0.4, -0.2) is 11.0 Å². The number of ether oxygens (including phenoxy) is 1. The third-order valence-corrected chi connectivity index (χ3v) is 3.84. The number of benzene rings is 2. The van der Waals surface area contributed by atoms with Crippen molar-refractivity contribution in [2.24, 2.45) is 0 Å². The Morgan fingerprint density at radius 1 is 1.23 bits per heavy atom. The van der Waals surface area contributed by atoms with Crippen LogP contribution in [0.3, 0.4) is 0 Å². The maximum atomic E-state index is 11.9. The molecule has 0 bridgehead atoms. The summed E-state index contributed by atoms with van der Waals surface area (Å²) in [7, 11) is 0. The van der Waals surface area contributed by atoms with Gasteiger partial charge in [0, 0.05) is 15.6 Å². The summed E-state index contributed by atoms with van der Waals surface area (Å²) in [6.45, 7) is 0. The van der Waals surface area contributed by atoms with Crippen LogP contribution in [0.4, 0.5) is 16.2 Å². The fraction of sp³-hybridized carbons (Fsp3) is 0. The second-order valence-corrected chi connectivity index (χ2v) is 6.21. The van der Waals surface area contributed by atoms with Gasteiger partial charge < -0.3 is 4.74 Å². The lowest BCUT2D eigenvalue weighted by Gasteiger charge is -2.09. The van der Waals surface area contributed by atoms with Gasteiger partial charge >= 0.3 is 6.09 Å². The fourth-order valence-electron chi connectivity index (χ4n) is 1.55. The SMILES string of the molecule is O=C(Nc1ccc(Cl)cc1[N+](=O)[O-])Oc1ccc(Br)cc1Br. The number of nitro benzene ring substituents is 1. The van der Waals surface area contributed by atoms with Gasteiger partial charge in [-0.1, -0.05) is 27.5 Å². The van der Waals surface area contributed by atoms with E-state index in [9.17, 15) is 14.9 Å². The minimum Gasteiger partial charge on any atom is -0.409 e. The first-order chi connectivity index (χ1) is 10.4. The Bertz CT molecular complexity index is 755. The van der Waals surface area contributed by atoms with Crippen LogP contribution >= 0.6 is 43.5 Å². The molecule has 0 radical (unpaired) electrons. The van der Waals surface area contributed by atoms with Gasteiger partial charge in [0.1, 0.15) is 11.4 Å². The van der Waals surface area contributed by atoms with Gasteiger partial charge in [-0.25, -0.2) is 4.79 Å². The van der Waals surface area contributed by atoms with Gasteiger partial charge in [0.25, 0.3) is 5.69 Å². The van der Waals surface area contributed by atoms with Crippen molar-refractivity contribution in [2.45, 2.75) is 0 Å². The van der Waals surface area contributed by atoms with Crippen LogP contribution < -0.4 is 10.1 Å². The number of nitro groups is 1. The molecule has 114 valence electrons. The van der Waals surface area contributed by atoms with Gasteiger partial charge in [-0.05, 0) is 46.3 Å². The van der Waals surface area contributed by atoms with Gasteiger partial charge in [0.15, 0.2) is 0 Å². The third kappa shape index (κ3) is 4.19. The quantitative estimate of drug-likeness (QED) is 0.503. The number of anilines is 1. The molecular formula is C13H7Br2ClN2O4. The molecule has 0 aliphatic carbocycles. The lowest BCUT2D eigenvalue weighted by Crippen LogP contribution is -2.17. The van der Waals surface area contributed by atoms with Gasteiger partial charge in [0.05, 0.1) is 9.40 Å². The van der Waals surface area contributed by atoms with Crippen molar-refractivity contribution in [3.8, 4) is 5.75 Å². The number of nitrogens with one attached hydrogen (secondary N) is 1. The number of amides is 1. The van der Waals surface area contributed by atoms with E-state index < -0.39 is 11.0 Å². The maximum Gasteiger partial charge on any atom is 0.417 e. The minimum atomic E-state index is -0.853. The summed E-state index contributed by atoms with van der Waals surface area (Å²) in [5, 5.41) is 13.5. The normalized spacial score (nSPS) is 10.1. The highest BCUT2D eigenvalue weighted by Gasteiger charge is 2.18. The van der Waals surface area contributed by atoms with E-state index >= 15 is 0 Å². The molecule has 22 heavy (non-hydrogen) atoms. The summed E-state index contributed by atoms with van der Waals surface area (Å²) in [6, 6.07) is 8.88. The van der Waals surface area contributed by atoms with Crippen LogP contribution in [0.25, 0.3) is 0 Å². The topological polar surface area (TPSA) is 81.5 Å². The minimum absolute atomic E-state index is 0.00682. The predicted octanol–water partition coefficient (Wildman–Crippen LogP) is 5.38. The number of carbonyl (C=O) groups is 1. The molecule has 1 N–H and O–H groups in total. The van der Waals surface area contributed by atoms with Gasteiger partial charge in [0.2, 0.25) is 0 Å². The van der Waals surface area contributed by atoms with Crippen molar-refractivity contribution < 1.29 is 14.5 Å². The van der Waals surface area contributed by atoms with Gasteiger partial charge in [-0.15, -0.1) is 0 Å². The largest absolute Gasteiger partial charge is 0.417 e.